The second-order valence-electron chi connectivity index (χ2n) is 6.10. The molecule has 5 nitrogen and oxygen atoms in total. The molecule has 3 atom stereocenters. The Morgan fingerprint density at radius 3 is 2.22 bits per heavy atom. The van der Waals surface area contributed by atoms with Crippen LogP contribution in [0.4, 0.5) is 18.0 Å². The second kappa shape index (κ2) is 6.86. The first kappa shape index (κ1) is 19.2. The van der Waals surface area contributed by atoms with E-state index in [0.717, 1.165) is 0 Å². The minimum Gasteiger partial charge on any atom is -0.363 e. The molecule has 0 radical (unpaired) electrons. The zero-order valence-corrected chi connectivity index (χ0v) is 14.4. The zero-order chi connectivity index (χ0) is 19.8. The molecule has 27 heavy (non-hydrogen) atoms. The third-order valence-electron chi connectivity index (χ3n) is 4.38. The highest BCUT2D eigenvalue weighted by molar-refractivity contribution is 6.30. The standard InChI is InChI=1S/C18H14ClF3N2O3/c19-12-8-6-11(7-9-12)15(25)13-14(10-4-2-1-3-5-10)23-16(26)24-17(13,27)18(20,21)22/h1-9,13-14,27H,(H2,23,24,26)/t13-,14+,17-/m1/s1. The molecule has 1 aliphatic heterocycles. The van der Waals surface area contributed by atoms with Crippen molar-refractivity contribution in [2.75, 3.05) is 0 Å². The average molecular weight is 399 g/mol. The molecule has 0 saturated carbocycles. The number of hydrogen-bond donors (Lipinski definition) is 3. The van der Waals surface area contributed by atoms with Gasteiger partial charge in [-0.05, 0) is 29.8 Å². The molecule has 142 valence electrons. The summed E-state index contributed by atoms with van der Waals surface area (Å²) in [5.74, 6) is -3.05. The van der Waals surface area contributed by atoms with Gasteiger partial charge in [0, 0.05) is 10.6 Å². The Hall–Kier alpha value is -2.58. The molecule has 0 spiro atoms. The number of hydrogen-bond acceptors (Lipinski definition) is 3. The smallest absolute Gasteiger partial charge is 0.363 e. The fraction of sp³-hybridized carbons (Fsp3) is 0.222. The highest BCUT2D eigenvalue weighted by Gasteiger charge is 2.66. The van der Waals surface area contributed by atoms with Crippen LogP contribution in [0, 0.1) is 5.92 Å². The van der Waals surface area contributed by atoms with Crippen molar-refractivity contribution in [3.8, 4) is 0 Å². The molecule has 0 aromatic heterocycles. The van der Waals surface area contributed by atoms with E-state index in [2.05, 4.69) is 5.32 Å². The van der Waals surface area contributed by atoms with Gasteiger partial charge in [0.15, 0.2) is 5.78 Å². The molecule has 2 amide bonds. The monoisotopic (exact) mass is 398 g/mol. The van der Waals surface area contributed by atoms with E-state index in [1.54, 1.807) is 18.2 Å². The molecule has 0 aliphatic carbocycles. The summed E-state index contributed by atoms with van der Waals surface area (Å²) in [5.41, 5.74) is -3.57. The van der Waals surface area contributed by atoms with Crippen LogP contribution < -0.4 is 10.6 Å². The number of alkyl halides is 3. The first-order chi connectivity index (χ1) is 12.6. The van der Waals surface area contributed by atoms with Gasteiger partial charge in [0.25, 0.3) is 0 Å². The third kappa shape index (κ3) is 3.50. The minimum absolute atomic E-state index is 0.0778. The number of aliphatic hydroxyl groups is 1. The maximum absolute atomic E-state index is 13.7. The van der Waals surface area contributed by atoms with Crippen molar-refractivity contribution in [3.63, 3.8) is 0 Å². The van der Waals surface area contributed by atoms with Gasteiger partial charge in [-0.2, -0.15) is 13.2 Å². The highest BCUT2D eigenvalue weighted by Crippen LogP contribution is 2.43. The van der Waals surface area contributed by atoms with Crippen LogP contribution in [0.15, 0.2) is 54.6 Å². The van der Waals surface area contributed by atoms with Gasteiger partial charge in [0.05, 0.1) is 6.04 Å². The molecule has 3 rings (SSSR count). The zero-order valence-electron chi connectivity index (χ0n) is 13.6. The molecule has 2 aromatic rings. The van der Waals surface area contributed by atoms with E-state index in [0.29, 0.717) is 5.02 Å². The van der Waals surface area contributed by atoms with Gasteiger partial charge in [0.2, 0.25) is 5.72 Å². The molecule has 0 unspecified atom stereocenters. The van der Waals surface area contributed by atoms with E-state index in [4.69, 9.17) is 11.6 Å². The van der Waals surface area contributed by atoms with Gasteiger partial charge in [-0.3, -0.25) is 4.79 Å². The van der Waals surface area contributed by atoms with Crippen molar-refractivity contribution >= 4 is 23.4 Å². The molecule has 1 saturated heterocycles. The van der Waals surface area contributed by atoms with Crippen molar-refractivity contribution in [1.82, 2.24) is 10.6 Å². The van der Waals surface area contributed by atoms with Crippen LogP contribution in [-0.2, 0) is 0 Å². The van der Waals surface area contributed by atoms with Gasteiger partial charge in [-0.1, -0.05) is 41.9 Å². The van der Waals surface area contributed by atoms with E-state index >= 15 is 0 Å². The van der Waals surface area contributed by atoms with E-state index < -0.39 is 35.7 Å². The number of carbonyl (C=O) groups is 2. The number of halogens is 4. The fourth-order valence-electron chi connectivity index (χ4n) is 3.07. The van der Waals surface area contributed by atoms with E-state index in [1.807, 2.05) is 0 Å². The van der Waals surface area contributed by atoms with Gasteiger partial charge in [-0.25, -0.2) is 4.79 Å². The minimum atomic E-state index is -5.29. The van der Waals surface area contributed by atoms with Crippen LogP contribution in [0.25, 0.3) is 0 Å². The number of ketones is 1. The number of benzene rings is 2. The molecule has 2 aromatic carbocycles. The highest BCUT2D eigenvalue weighted by atomic mass is 35.5. The van der Waals surface area contributed by atoms with Crippen molar-refractivity contribution < 1.29 is 27.9 Å². The predicted molar refractivity (Wildman–Crippen MR) is 91.1 cm³/mol. The summed E-state index contributed by atoms with van der Waals surface area (Å²) >= 11 is 5.76. The summed E-state index contributed by atoms with van der Waals surface area (Å²) in [5, 5.41) is 14.5. The van der Waals surface area contributed by atoms with Crippen LogP contribution in [-0.4, -0.2) is 28.8 Å². The van der Waals surface area contributed by atoms with Crippen molar-refractivity contribution in [2.24, 2.45) is 5.92 Å². The molecule has 9 heteroatoms. The number of urea groups is 1. The summed E-state index contributed by atoms with van der Waals surface area (Å²) in [6.45, 7) is 0. The molecular formula is C18H14ClF3N2O3. The lowest BCUT2D eigenvalue weighted by atomic mass is 9.77. The Bertz CT molecular complexity index is 858. The lowest BCUT2D eigenvalue weighted by molar-refractivity contribution is -0.287. The van der Waals surface area contributed by atoms with E-state index in [9.17, 15) is 27.9 Å². The Balaban J connectivity index is 2.15. The number of carbonyl (C=O) groups excluding carboxylic acids is 2. The Kier molecular flexibility index (Phi) is 4.88. The Labute approximate surface area is 157 Å². The van der Waals surface area contributed by atoms with E-state index in [1.165, 1.54) is 41.7 Å². The molecular weight excluding hydrogens is 385 g/mol. The second-order valence-corrected chi connectivity index (χ2v) is 6.54. The summed E-state index contributed by atoms with van der Waals surface area (Å²) in [4.78, 5) is 24.8. The van der Waals surface area contributed by atoms with Crippen molar-refractivity contribution in [1.29, 1.82) is 0 Å². The third-order valence-corrected chi connectivity index (χ3v) is 4.63. The lowest BCUT2D eigenvalue weighted by Crippen LogP contribution is -2.72. The number of nitrogens with one attached hydrogen (secondary N) is 2. The van der Waals surface area contributed by atoms with E-state index in [-0.39, 0.29) is 11.1 Å². The summed E-state index contributed by atoms with van der Waals surface area (Å²) < 4.78 is 41.1. The number of amides is 2. The maximum Gasteiger partial charge on any atom is 0.437 e. The van der Waals surface area contributed by atoms with Crippen LogP contribution in [0.1, 0.15) is 22.0 Å². The molecule has 0 bridgehead atoms. The Morgan fingerprint density at radius 2 is 1.67 bits per heavy atom. The summed E-state index contributed by atoms with van der Waals surface area (Å²) in [7, 11) is 0. The van der Waals surface area contributed by atoms with Gasteiger partial charge < -0.3 is 15.7 Å². The van der Waals surface area contributed by atoms with Crippen LogP contribution >= 0.6 is 11.6 Å². The first-order valence-electron chi connectivity index (χ1n) is 7.86. The molecule has 1 fully saturated rings. The normalized spacial score (nSPS) is 25.4. The summed E-state index contributed by atoms with van der Waals surface area (Å²) in [6, 6.07) is 10.3. The van der Waals surface area contributed by atoms with Gasteiger partial charge >= 0.3 is 12.2 Å². The maximum atomic E-state index is 13.7. The van der Waals surface area contributed by atoms with Gasteiger partial charge in [0.1, 0.15) is 5.92 Å². The summed E-state index contributed by atoms with van der Waals surface area (Å²) in [6.07, 6.45) is -5.29. The van der Waals surface area contributed by atoms with Crippen LogP contribution in [0.2, 0.25) is 5.02 Å². The largest absolute Gasteiger partial charge is 0.437 e. The van der Waals surface area contributed by atoms with Crippen LogP contribution in [0.3, 0.4) is 0 Å². The predicted octanol–water partition coefficient (Wildman–Crippen LogP) is 3.44. The number of rotatable bonds is 3. The van der Waals surface area contributed by atoms with Gasteiger partial charge in [-0.15, -0.1) is 0 Å². The Morgan fingerprint density at radius 1 is 1.07 bits per heavy atom. The number of Topliss-reactive ketones (excluding diaryl/α,β-unsaturated/α-hetero) is 1. The van der Waals surface area contributed by atoms with Crippen molar-refractivity contribution in [3.05, 3.63) is 70.7 Å². The van der Waals surface area contributed by atoms with Crippen LogP contribution in [0.5, 0.6) is 0 Å². The quantitative estimate of drug-likeness (QED) is 0.693. The lowest BCUT2D eigenvalue weighted by Gasteiger charge is -2.45. The average Bonchev–Trinajstić information content (AvgIpc) is 2.61. The fourth-order valence-corrected chi connectivity index (χ4v) is 3.20. The SMILES string of the molecule is O=C1N[C@@H](c2ccccc2)[C@H](C(=O)c2ccc(Cl)cc2)[C@@](O)(C(F)(F)F)N1. The van der Waals surface area contributed by atoms with Crippen molar-refractivity contribution in [2.45, 2.75) is 17.9 Å². The first-order valence-corrected chi connectivity index (χ1v) is 8.24. The molecule has 1 aliphatic rings. The molecule has 1 heterocycles. The molecule has 3 N–H and O–H groups in total. The topological polar surface area (TPSA) is 78.4 Å².